The molecule has 0 saturated carbocycles. The zero-order valence-electron chi connectivity index (χ0n) is 7.50. The van der Waals surface area contributed by atoms with E-state index in [4.69, 9.17) is 10.8 Å². The van der Waals surface area contributed by atoms with Gasteiger partial charge in [-0.25, -0.2) is 0 Å². The Hall–Kier alpha value is -0.380. The molecule has 1 aliphatic heterocycles. The van der Waals surface area contributed by atoms with Gasteiger partial charge in [-0.1, -0.05) is 6.08 Å². The van der Waals surface area contributed by atoms with Gasteiger partial charge >= 0.3 is 0 Å². The van der Waals surface area contributed by atoms with Crippen LogP contribution in [-0.4, -0.2) is 41.8 Å². The lowest BCUT2D eigenvalue weighted by Crippen LogP contribution is -2.56. The number of hydrogen-bond donors (Lipinski definition) is 2. The number of piperidine rings is 1. The van der Waals surface area contributed by atoms with E-state index < -0.39 is 0 Å². The van der Waals surface area contributed by atoms with E-state index in [0.29, 0.717) is 0 Å². The van der Waals surface area contributed by atoms with Crippen molar-refractivity contribution in [1.29, 1.82) is 0 Å². The fraction of sp³-hybridized carbons (Fsp3) is 0.778. The van der Waals surface area contributed by atoms with Crippen LogP contribution in [0.5, 0.6) is 0 Å². The molecule has 3 N–H and O–H groups in total. The van der Waals surface area contributed by atoms with Crippen molar-refractivity contribution in [3.05, 3.63) is 12.7 Å². The zero-order valence-corrected chi connectivity index (χ0v) is 7.50. The maximum Gasteiger partial charge on any atom is 0.0623 e. The van der Waals surface area contributed by atoms with Crippen molar-refractivity contribution in [3.63, 3.8) is 0 Å². The van der Waals surface area contributed by atoms with Gasteiger partial charge in [-0.3, -0.25) is 4.90 Å². The van der Waals surface area contributed by atoms with Crippen molar-refractivity contribution in [2.75, 3.05) is 26.2 Å². The summed E-state index contributed by atoms with van der Waals surface area (Å²) in [7, 11) is 0. The summed E-state index contributed by atoms with van der Waals surface area (Å²) >= 11 is 0. The zero-order chi connectivity index (χ0) is 9.03. The SMILES string of the molecule is C=CCN1CCCC(N)(CO)C1. The molecule has 0 aromatic heterocycles. The molecule has 0 amide bonds. The van der Waals surface area contributed by atoms with Gasteiger partial charge in [0.2, 0.25) is 0 Å². The maximum absolute atomic E-state index is 9.06. The Morgan fingerprint density at radius 2 is 2.42 bits per heavy atom. The van der Waals surface area contributed by atoms with Crippen LogP contribution in [0.15, 0.2) is 12.7 Å². The first kappa shape index (κ1) is 9.71. The van der Waals surface area contributed by atoms with Crippen molar-refractivity contribution >= 4 is 0 Å². The second-order valence-electron chi connectivity index (χ2n) is 3.65. The van der Waals surface area contributed by atoms with Crippen LogP contribution >= 0.6 is 0 Å². The van der Waals surface area contributed by atoms with E-state index in [2.05, 4.69) is 11.5 Å². The molecule has 1 heterocycles. The van der Waals surface area contributed by atoms with Crippen LogP contribution in [0.2, 0.25) is 0 Å². The molecule has 0 spiro atoms. The Morgan fingerprint density at radius 3 is 3.00 bits per heavy atom. The summed E-state index contributed by atoms with van der Waals surface area (Å²) in [6.45, 7) is 6.50. The van der Waals surface area contributed by atoms with E-state index in [9.17, 15) is 0 Å². The van der Waals surface area contributed by atoms with Crippen molar-refractivity contribution in [1.82, 2.24) is 4.90 Å². The molecule has 0 radical (unpaired) electrons. The predicted molar refractivity (Wildman–Crippen MR) is 49.9 cm³/mol. The molecule has 70 valence electrons. The number of rotatable bonds is 3. The molecule has 1 fully saturated rings. The van der Waals surface area contributed by atoms with Gasteiger partial charge in [0.15, 0.2) is 0 Å². The highest BCUT2D eigenvalue weighted by Crippen LogP contribution is 2.17. The van der Waals surface area contributed by atoms with Gasteiger partial charge < -0.3 is 10.8 Å². The van der Waals surface area contributed by atoms with Crippen molar-refractivity contribution in [2.45, 2.75) is 18.4 Å². The van der Waals surface area contributed by atoms with E-state index >= 15 is 0 Å². The predicted octanol–water partition coefficient (Wildman–Crippen LogP) is -0.0420. The van der Waals surface area contributed by atoms with Crippen LogP contribution in [0, 0.1) is 0 Å². The lowest BCUT2D eigenvalue weighted by atomic mass is 9.91. The Labute approximate surface area is 73.9 Å². The summed E-state index contributed by atoms with van der Waals surface area (Å²) in [5.41, 5.74) is 5.58. The third-order valence-corrected chi connectivity index (χ3v) is 2.39. The fourth-order valence-electron chi connectivity index (χ4n) is 1.73. The summed E-state index contributed by atoms with van der Waals surface area (Å²) in [4.78, 5) is 2.23. The maximum atomic E-state index is 9.06. The molecule has 3 nitrogen and oxygen atoms in total. The molecule has 1 aliphatic rings. The summed E-state index contributed by atoms with van der Waals surface area (Å²) in [5.74, 6) is 0. The Morgan fingerprint density at radius 1 is 1.67 bits per heavy atom. The van der Waals surface area contributed by atoms with Gasteiger partial charge in [0.05, 0.1) is 12.1 Å². The second-order valence-corrected chi connectivity index (χ2v) is 3.65. The summed E-state index contributed by atoms with van der Waals surface area (Å²) in [6, 6.07) is 0. The molecule has 12 heavy (non-hydrogen) atoms. The standard InChI is InChI=1S/C9H18N2O/c1-2-5-11-6-3-4-9(10,7-11)8-12/h2,12H,1,3-8,10H2. The highest BCUT2D eigenvalue weighted by Gasteiger charge is 2.29. The molecular formula is C9H18N2O. The van der Waals surface area contributed by atoms with Crippen LogP contribution < -0.4 is 5.73 Å². The van der Waals surface area contributed by atoms with E-state index in [1.54, 1.807) is 0 Å². The van der Waals surface area contributed by atoms with Crippen LogP contribution in [0.25, 0.3) is 0 Å². The molecule has 3 heteroatoms. The smallest absolute Gasteiger partial charge is 0.0623 e. The number of nitrogens with two attached hydrogens (primary N) is 1. The lowest BCUT2D eigenvalue weighted by Gasteiger charge is -2.38. The quantitative estimate of drug-likeness (QED) is 0.584. The molecular weight excluding hydrogens is 152 g/mol. The number of likely N-dealkylation sites (tertiary alicyclic amines) is 1. The topological polar surface area (TPSA) is 49.5 Å². The molecule has 1 rings (SSSR count). The first-order chi connectivity index (χ1) is 5.70. The first-order valence-electron chi connectivity index (χ1n) is 4.43. The minimum absolute atomic E-state index is 0.0840. The fourth-order valence-corrected chi connectivity index (χ4v) is 1.73. The molecule has 0 aliphatic carbocycles. The molecule has 1 atom stereocenters. The minimum atomic E-state index is -0.374. The monoisotopic (exact) mass is 170 g/mol. The van der Waals surface area contributed by atoms with Gasteiger partial charge in [-0.15, -0.1) is 6.58 Å². The molecule has 1 saturated heterocycles. The van der Waals surface area contributed by atoms with Gasteiger partial charge in [-0.05, 0) is 19.4 Å². The van der Waals surface area contributed by atoms with E-state index in [0.717, 1.165) is 32.5 Å². The third kappa shape index (κ3) is 2.30. The largest absolute Gasteiger partial charge is 0.394 e. The summed E-state index contributed by atoms with van der Waals surface area (Å²) < 4.78 is 0. The summed E-state index contributed by atoms with van der Waals surface area (Å²) in [5, 5.41) is 9.06. The van der Waals surface area contributed by atoms with Crippen LogP contribution in [-0.2, 0) is 0 Å². The Balaban J connectivity index is 2.44. The van der Waals surface area contributed by atoms with Crippen LogP contribution in [0.1, 0.15) is 12.8 Å². The van der Waals surface area contributed by atoms with Crippen LogP contribution in [0.4, 0.5) is 0 Å². The Bertz CT molecular complexity index is 161. The molecule has 1 unspecified atom stereocenters. The number of hydrogen-bond acceptors (Lipinski definition) is 3. The molecule has 0 aromatic rings. The second kappa shape index (κ2) is 4.03. The van der Waals surface area contributed by atoms with Crippen molar-refractivity contribution < 1.29 is 5.11 Å². The number of aliphatic hydroxyl groups excluding tert-OH is 1. The molecule has 0 bridgehead atoms. The van der Waals surface area contributed by atoms with Gasteiger partial charge in [0.25, 0.3) is 0 Å². The normalized spacial score (nSPS) is 31.8. The number of nitrogens with zero attached hydrogens (tertiary/aromatic N) is 1. The minimum Gasteiger partial charge on any atom is -0.394 e. The number of aliphatic hydroxyl groups is 1. The highest BCUT2D eigenvalue weighted by molar-refractivity contribution is 4.92. The van der Waals surface area contributed by atoms with E-state index in [1.807, 2.05) is 6.08 Å². The third-order valence-electron chi connectivity index (χ3n) is 2.39. The van der Waals surface area contributed by atoms with Crippen molar-refractivity contribution in [3.8, 4) is 0 Å². The van der Waals surface area contributed by atoms with Gasteiger partial charge in [-0.2, -0.15) is 0 Å². The van der Waals surface area contributed by atoms with Crippen molar-refractivity contribution in [2.24, 2.45) is 5.73 Å². The summed E-state index contributed by atoms with van der Waals surface area (Å²) in [6.07, 6.45) is 3.88. The average molecular weight is 170 g/mol. The van der Waals surface area contributed by atoms with Gasteiger partial charge in [0.1, 0.15) is 0 Å². The molecule has 0 aromatic carbocycles. The lowest BCUT2D eigenvalue weighted by molar-refractivity contribution is 0.102. The van der Waals surface area contributed by atoms with E-state index in [1.165, 1.54) is 0 Å². The average Bonchev–Trinajstić information content (AvgIpc) is 2.05. The van der Waals surface area contributed by atoms with Gasteiger partial charge in [0, 0.05) is 13.1 Å². The first-order valence-corrected chi connectivity index (χ1v) is 4.43. The van der Waals surface area contributed by atoms with E-state index in [-0.39, 0.29) is 12.1 Å². The van der Waals surface area contributed by atoms with Crippen LogP contribution in [0.3, 0.4) is 0 Å². The Kier molecular flexibility index (Phi) is 3.26. The highest BCUT2D eigenvalue weighted by atomic mass is 16.3.